The van der Waals surface area contributed by atoms with E-state index in [0.29, 0.717) is 16.8 Å². The highest BCUT2D eigenvalue weighted by atomic mass is 79.9. The van der Waals surface area contributed by atoms with Crippen molar-refractivity contribution in [1.29, 1.82) is 0 Å². The molecular weight excluding hydrogens is 415 g/mol. The highest BCUT2D eigenvalue weighted by Crippen LogP contribution is 2.19. The fourth-order valence-corrected chi connectivity index (χ4v) is 2.15. The lowest BCUT2D eigenvalue weighted by atomic mass is 10.1. The maximum atomic E-state index is 12.3. The summed E-state index contributed by atoms with van der Waals surface area (Å²) in [5.41, 5.74) is 3.54. The van der Waals surface area contributed by atoms with Crippen LogP contribution >= 0.6 is 15.9 Å². The highest BCUT2D eigenvalue weighted by Gasteiger charge is 2.38. The van der Waals surface area contributed by atoms with Gasteiger partial charge in [-0.05, 0) is 48.9 Å². The van der Waals surface area contributed by atoms with Crippen LogP contribution in [0.2, 0.25) is 0 Å². The van der Waals surface area contributed by atoms with Gasteiger partial charge in [-0.3, -0.25) is 9.59 Å². The van der Waals surface area contributed by atoms with E-state index in [1.165, 1.54) is 18.2 Å². The molecule has 0 aliphatic rings. The molecule has 136 valence electrons. The van der Waals surface area contributed by atoms with E-state index < -0.39 is 18.0 Å². The number of hydrogen-bond acceptors (Lipinski definition) is 3. The normalized spacial score (nSPS) is 11.8. The summed E-state index contributed by atoms with van der Waals surface area (Å²) in [7, 11) is 0. The molecule has 0 aliphatic heterocycles. The number of hydrazone groups is 1. The van der Waals surface area contributed by atoms with Crippen molar-refractivity contribution in [3.63, 3.8) is 0 Å². The number of carbonyl (C=O) groups is 2. The largest absolute Gasteiger partial charge is 0.471 e. The van der Waals surface area contributed by atoms with Gasteiger partial charge in [0.05, 0.1) is 5.71 Å². The number of carbonyl (C=O) groups excluding carboxylic acids is 2. The standard InChI is InChI=1S/C17H13BrF3N3O2/c1-10(23-24-15(25)11-5-7-13(18)8-6-11)12-3-2-4-14(9-12)22-16(26)17(19,20)21/h2-9H,1H3,(H,22,26)(H,24,25). The predicted octanol–water partition coefficient (Wildman–Crippen LogP) is 4.10. The molecule has 2 aromatic carbocycles. The molecule has 0 unspecified atom stereocenters. The Morgan fingerprint density at radius 3 is 2.31 bits per heavy atom. The van der Waals surface area contributed by atoms with E-state index in [1.807, 2.05) is 0 Å². The van der Waals surface area contributed by atoms with Crippen LogP contribution in [-0.4, -0.2) is 23.7 Å². The fourth-order valence-electron chi connectivity index (χ4n) is 1.89. The van der Waals surface area contributed by atoms with E-state index >= 15 is 0 Å². The van der Waals surface area contributed by atoms with Crippen LogP contribution in [-0.2, 0) is 4.79 Å². The molecule has 0 bridgehead atoms. The van der Waals surface area contributed by atoms with Crippen molar-refractivity contribution in [3.8, 4) is 0 Å². The van der Waals surface area contributed by atoms with E-state index in [9.17, 15) is 22.8 Å². The smallest absolute Gasteiger partial charge is 0.318 e. The number of nitrogens with one attached hydrogen (secondary N) is 2. The van der Waals surface area contributed by atoms with Crippen LogP contribution in [0.5, 0.6) is 0 Å². The van der Waals surface area contributed by atoms with Crippen LogP contribution in [0.25, 0.3) is 0 Å². The number of halogens is 4. The van der Waals surface area contributed by atoms with Crippen molar-refractivity contribution in [2.75, 3.05) is 5.32 Å². The second-order valence-corrected chi connectivity index (χ2v) is 6.09. The van der Waals surface area contributed by atoms with Crippen molar-refractivity contribution < 1.29 is 22.8 Å². The van der Waals surface area contributed by atoms with E-state index in [4.69, 9.17) is 0 Å². The molecule has 0 spiro atoms. The SMILES string of the molecule is CC(=NNC(=O)c1ccc(Br)cc1)c1cccc(NC(=O)C(F)(F)F)c1. The minimum absolute atomic E-state index is 0.0291. The van der Waals surface area contributed by atoms with Crippen LogP contribution in [0.4, 0.5) is 18.9 Å². The number of rotatable bonds is 4. The third kappa shape index (κ3) is 5.41. The van der Waals surface area contributed by atoms with E-state index in [2.05, 4.69) is 26.5 Å². The van der Waals surface area contributed by atoms with Gasteiger partial charge in [0.25, 0.3) is 5.91 Å². The van der Waals surface area contributed by atoms with E-state index in [1.54, 1.807) is 42.6 Å². The van der Waals surface area contributed by atoms with Crippen molar-refractivity contribution in [1.82, 2.24) is 5.43 Å². The Morgan fingerprint density at radius 2 is 1.69 bits per heavy atom. The average molecular weight is 428 g/mol. The molecule has 26 heavy (non-hydrogen) atoms. The number of benzene rings is 2. The number of nitrogens with zero attached hydrogens (tertiary/aromatic N) is 1. The fraction of sp³-hybridized carbons (Fsp3) is 0.118. The minimum atomic E-state index is -4.97. The third-order valence-corrected chi connectivity index (χ3v) is 3.76. The summed E-state index contributed by atoms with van der Waals surface area (Å²) in [6, 6.07) is 12.3. The van der Waals surface area contributed by atoms with Gasteiger partial charge < -0.3 is 5.32 Å². The first-order valence-corrected chi connectivity index (χ1v) is 8.05. The highest BCUT2D eigenvalue weighted by molar-refractivity contribution is 9.10. The van der Waals surface area contributed by atoms with Gasteiger partial charge in [0.1, 0.15) is 0 Å². The molecule has 2 aromatic rings. The van der Waals surface area contributed by atoms with Crippen LogP contribution in [0.1, 0.15) is 22.8 Å². The molecule has 0 aliphatic carbocycles. The second kappa shape index (κ2) is 8.13. The summed E-state index contributed by atoms with van der Waals surface area (Å²) in [6.07, 6.45) is -4.97. The Bertz CT molecular complexity index is 849. The Kier molecular flexibility index (Phi) is 6.14. The van der Waals surface area contributed by atoms with Crippen LogP contribution in [0, 0.1) is 0 Å². The quantitative estimate of drug-likeness (QED) is 0.569. The molecular formula is C17H13BrF3N3O2. The average Bonchev–Trinajstić information content (AvgIpc) is 2.59. The Balaban J connectivity index is 2.09. The summed E-state index contributed by atoms with van der Waals surface area (Å²) >= 11 is 3.26. The van der Waals surface area contributed by atoms with Crippen molar-refractivity contribution in [2.24, 2.45) is 5.10 Å². The molecule has 0 radical (unpaired) electrons. The summed E-state index contributed by atoms with van der Waals surface area (Å²) in [5.74, 6) is -2.49. The number of hydrogen-bond donors (Lipinski definition) is 2. The molecule has 5 nitrogen and oxygen atoms in total. The van der Waals surface area contributed by atoms with Gasteiger partial charge in [0, 0.05) is 15.7 Å². The first-order chi connectivity index (χ1) is 12.2. The molecule has 0 fully saturated rings. The first-order valence-electron chi connectivity index (χ1n) is 7.25. The van der Waals surface area contributed by atoms with Gasteiger partial charge in [-0.2, -0.15) is 18.3 Å². The second-order valence-electron chi connectivity index (χ2n) is 5.18. The number of anilines is 1. The monoisotopic (exact) mass is 427 g/mol. The van der Waals surface area contributed by atoms with Crippen LogP contribution < -0.4 is 10.7 Å². The van der Waals surface area contributed by atoms with Gasteiger partial charge in [-0.15, -0.1) is 0 Å². The summed E-state index contributed by atoms with van der Waals surface area (Å²) in [4.78, 5) is 23.0. The minimum Gasteiger partial charge on any atom is -0.318 e. The maximum absolute atomic E-state index is 12.3. The van der Waals surface area contributed by atoms with Gasteiger partial charge in [-0.1, -0.05) is 28.1 Å². The first kappa shape index (κ1) is 19.6. The van der Waals surface area contributed by atoms with Crippen LogP contribution in [0.3, 0.4) is 0 Å². The molecule has 0 aromatic heterocycles. The van der Waals surface area contributed by atoms with E-state index in [-0.39, 0.29) is 5.69 Å². The topological polar surface area (TPSA) is 70.6 Å². The summed E-state index contributed by atoms with van der Waals surface area (Å²) in [5, 5.41) is 5.70. The Hall–Kier alpha value is -2.68. The third-order valence-electron chi connectivity index (χ3n) is 3.23. The van der Waals surface area contributed by atoms with Crippen molar-refractivity contribution in [2.45, 2.75) is 13.1 Å². The molecule has 9 heteroatoms. The molecule has 0 atom stereocenters. The summed E-state index contributed by atoms with van der Waals surface area (Å²) < 4.78 is 37.7. The lowest BCUT2D eigenvalue weighted by Gasteiger charge is -2.09. The molecule has 0 heterocycles. The van der Waals surface area contributed by atoms with Gasteiger partial charge in [-0.25, -0.2) is 5.43 Å². The van der Waals surface area contributed by atoms with Gasteiger partial charge in [0.15, 0.2) is 0 Å². The molecule has 2 N–H and O–H groups in total. The number of alkyl halides is 3. The van der Waals surface area contributed by atoms with Gasteiger partial charge in [0.2, 0.25) is 0 Å². The molecule has 2 amide bonds. The van der Waals surface area contributed by atoms with E-state index in [0.717, 1.165) is 4.47 Å². The predicted molar refractivity (Wildman–Crippen MR) is 94.9 cm³/mol. The maximum Gasteiger partial charge on any atom is 0.471 e. The number of amides is 2. The zero-order valence-corrected chi connectivity index (χ0v) is 15.0. The molecule has 2 rings (SSSR count). The molecule has 0 saturated heterocycles. The molecule has 0 saturated carbocycles. The van der Waals surface area contributed by atoms with Crippen molar-refractivity contribution in [3.05, 3.63) is 64.1 Å². The zero-order valence-electron chi connectivity index (χ0n) is 13.4. The van der Waals surface area contributed by atoms with Crippen molar-refractivity contribution >= 4 is 39.1 Å². The summed E-state index contributed by atoms with van der Waals surface area (Å²) in [6.45, 7) is 1.58. The lowest BCUT2D eigenvalue weighted by Crippen LogP contribution is -2.29. The Morgan fingerprint density at radius 1 is 1.04 bits per heavy atom. The lowest BCUT2D eigenvalue weighted by molar-refractivity contribution is -0.167. The zero-order chi connectivity index (χ0) is 19.3. The van der Waals surface area contributed by atoms with Crippen LogP contribution in [0.15, 0.2) is 58.1 Å². The van der Waals surface area contributed by atoms with Gasteiger partial charge >= 0.3 is 12.1 Å². The Labute approximate surface area is 155 Å².